The molecule has 9 aromatic carbocycles. The summed E-state index contributed by atoms with van der Waals surface area (Å²) in [5.74, 6) is 0. The molecule has 3 nitrogen and oxygen atoms in total. The molecular weight excluding hydrogens is 693 g/mol. The van der Waals surface area contributed by atoms with Gasteiger partial charge in [0.15, 0.2) is 0 Å². The number of hydrogen-bond acceptors (Lipinski definition) is 2. The largest absolute Gasteiger partial charge is 0.455 e. The van der Waals surface area contributed by atoms with Crippen molar-refractivity contribution in [2.45, 2.75) is 0 Å². The van der Waals surface area contributed by atoms with Crippen LogP contribution in [-0.4, -0.2) is 4.57 Å². The Morgan fingerprint density at radius 3 is 1.65 bits per heavy atom. The number of benzene rings is 9. The standard InChI is InChI=1S/C54H36N2O/c1-4-18-37(19-5-1)39-32-34-50(46(36-39)38-20-6-2-7-21-38)55(40-22-8-3-9-23-40)51-35-33-44(54-53(51)45-27-13-17-31-52(45)57-54)43-26-12-16-30-49(43)56-47-28-14-10-24-41(47)42-25-11-15-29-48(42)56/h1-36H. The average Bonchev–Trinajstić information content (AvgIpc) is 3.84. The highest BCUT2D eigenvalue weighted by Gasteiger charge is 2.25. The summed E-state index contributed by atoms with van der Waals surface area (Å²) in [6.07, 6.45) is 0. The zero-order chi connectivity index (χ0) is 37.7. The summed E-state index contributed by atoms with van der Waals surface area (Å²) in [4.78, 5) is 2.41. The molecule has 0 saturated carbocycles. The Balaban J connectivity index is 1.19. The summed E-state index contributed by atoms with van der Waals surface area (Å²) in [6.45, 7) is 0. The third-order valence-electron chi connectivity index (χ3n) is 11.2. The fraction of sp³-hybridized carbons (Fsp3) is 0. The second-order valence-corrected chi connectivity index (χ2v) is 14.5. The maximum absolute atomic E-state index is 7.00. The number of furan rings is 1. The van der Waals surface area contributed by atoms with Crippen LogP contribution in [0.5, 0.6) is 0 Å². The van der Waals surface area contributed by atoms with Crippen LogP contribution in [0.1, 0.15) is 0 Å². The number of fused-ring (bicyclic) bond motifs is 6. The third-order valence-corrected chi connectivity index (χ3v) is 11.2. The molecule has 2 aromatic heterocycles. The lowest BCUT2D eigenvalue weighted by Crippen LogP contribution is -2.12. The first-order valence-corrected chi connectivity index (χ1v) is 19.4. The highest BCUT2D eigenvalue weighted by atomic mass is 16.3. The lowest BCUT2D eigenvalue weighted by Gasteiger charge is -2.29. The summed E-state index contributed by atoms with van der Waals surface area (Å²) in [7, 11) is 0. The first kappa shape index (κ1) is 32.8. The van der Waals surface area contributed by atoms with E-state index in [9.17, 15) is 0 Å². The van der Waals surface area contributed by atoms with Crippen LogP contribution in [0.4, 0.5) is 17.1 Å². The molecule has 11 rings (SSSR count). The van der Waals surface area contributed by atoms with Crippen molar-refractivity contribution in [3.05, 3.63) is 218 Å². The van der Waals surface area contributed by atoms with E-state index in [0.717, 1.165) is 66.9 Å². The van der Waals surface area contributed by atoms with Crippen LogP contribution in [-0.2, 0) is 0 Å². The Labute approximate surface area is 330 Å². The van der Waals surface area contributed by atoms with E-state index in [0.29, 0.717) is 0 Å². The van der Waals surface area contributed by atoms with E-state index < -0.39 is 0 Å². The van der Waals surface area contributed by atoms with Gasteiger partial charge in [0.1, 0.15) is 11.2 Å². The molecule has 0 spiro atoms. The van der Waals surface area contributed by atoms with Crippen molar-refractivity contribution in [1.29, 1.82) is 0 Å². The topological polar surface area (TPSA) is 21.3 Å². The molecule has 57 heavy (non-hydrogen) atoms. The van der Waals surface area contributed by atoms with E-state index in [2.05, 4.69) is 228 Å². The Kier molecular flexibility index (Phi) is 7.82. The van der Waals surface area contributed by atoms with Gasteiger partial charge in [-0.05, 0) is 77.4 Å². The molecule has 0 fully saturated rings. The van der Waals surface area contributed by atoms with Gasteiger partial charge in [-0.25, -0.2) is 0 Å². The van der Waals surface area contributed by atoms with Gasteiger partial charge in [-0.3, -0.25) is 0 Å². The van der Waals surface area contributed by atoms with Crippen molar-refractivity contribution < 1.29 is 4.42 Å². The minimum Gasteiger partial charge on any atom is -0.455 e. The zero-order valence-electron chi connectivity index (χ0n) is 31.1. The summed E-state index contributed by atoms with van der Waals surface area (Å²) >= 11 is 0. The molecule has 0 N–H and O–H groups in total. The molecular formula is C54H36N2O. The number of hydrogen-bond donors (Lipinski definition) is 0. The van der Waals surface area contributed by atoms with Gasteiger partial charge in [-0.2, -0.15) is 0 Å². The summed E-state index contributed by atoms with van der Waals surface area (Å²) < 4.78 is 9.41. The molecule has 11 aromatic rings. The van der Waals surface area contributed by atoms with Gasteiger partial charge in [0.25, 0.3) is 0 Å². The number of anilines is 3. The minimum atomic E-state index is 0.852. The highest BCUT2D eigenvalue weighted by molar-refractivity contribution is 6.18. The fourth-order valence-corrected chi connectivity index (χ4v) is 8.66. The average molecular weight is 729 g/mol. The Morgan fingerprint density at radius 2 is 0.930 bits per heavy atom. The second kappa shape index (κ2) is 13.6. The molecule has 0 saturated heterocycles. The van der Waals surface area contributed by atoms with E-state index >= 15 is 0 Å². The fourth-order valence-electron chi connectivity index (χ4n) is 8.66. The predicted molar refractivity (Wildman–Crippen MR) is 239 cm³/mol. The van der Waals surface area contributed by atoms with Gasteiger partial charge < -0.3 is 13.9 Å². The molecule has 0 aliphatic rings. The SMILES string of the molecule is c1ccc(-c2ccc(N(c3ccccc3)c3ccc(-c4ccccc4-n4c5ccccc5c5ccccc54)c4oc5ccccc5c34)c(-c3ccccc3)c2)cc1. The van der Waals surface area contributed by atoms with Crippen molar-refractivity contribution in [3.8, 4) is 39.1 Å². The molecule has 0 radical (unpaired) electrons. The molecule has 2 heterocycles. The normalized spacial score (nSPS) is 11.5. The van der Waals surface area contributed by atoms with Crippen molar-refractivity contribution in [3.63, 3.8) is 0 Å². The van der Waals surface area contributed by atoms with Crippen molar-refractivity contribution in [2.24, 2.45) is 0 Å². The lowest BCUT2D eigenvalue weighted by molar-refractivity contribution is 0.670. The first-order valence-electron chi connectivity index (χ1n) is 19.4. The van der Waals surface area contributed by atoms with Crippen LogP contribution in [0.3, 0.4) is 0 Å². The monoisotopic (exact) mass is 728 g/mol. The van der Waals surface area contributed by atoms with Gasteiger partial charge in [0.2, 0.25) is 0 Å². The maximum Gasteiger partial charge on any atom is 0.145 e. The van der Waals surface area contributed by atoms with Gasteiger partial charge in [0.05, 0.1) is 33.5 Å². The van der Waals surface area contributed by atoms with Gasteiger partial charge in [-0.15, -0.1) is 0 Å². The number of aromatic nitrogens is 1. The number of nitrogens with zero attached hydrogens (tertiary/aromatic N) is 2. The molecule has 0 bridgehead atoms. The maximum atomic E-state index is 7.00. The number of rotatable bonds is 7. The first-order chi connectivity index (χ1) is 28.3. The molecule has 3 heteroatoms. The van der Waals surface area contributed by atoms with Gasteiger partial charge >= 0.3 is 0 Å². The Morgan fingerprint density at radius 1 is 0.368 bits per heavy atom. The van der Waals surface area contributed by atoms with Crippen LogP contribution in [0.25, 0.3) is 82.8 Å². The lowest BCUT2D eigenvalue weighted by atomic mass is 9.95. The van der Waals surface area contributed by atoms with Crippen LogP contribution in [0.15, 0.2) is 223 Å². The van der Waals surface area contributed by atoms with E-state index in [-0.39, 0.29) is 0 Å². The molecule has 0 aliphatic carbocycles. The van der Waals surface area contributed by atoms with E-state index in [1.807, 2.05) is 0 Å². The quantitative estimate of drug-likeness (QED) is 0.163. The van der Waals surface area contributed by atoms with Gasteiger partial charge in [0, 0.05) is 38.5 Å². The van der Waals surface area contributed by atoms with Crippen molar-refractivity contribution in [1.82, 2.24) is 4.57 Å². The zero-order valence-corrected chi connectivity index (χ0v) is 31.1. The summed E-state index contributed by atoms with van der Waals surface area (Å²) in [5, 5.41) is 4.60. The Hall–Kier alpha value is -7.62. The molecule has 0 aliphatic heterocycles. The smallest absolute Gasteiger partial charge is 0.145 e. The van der Waals surface area contributed by atoms with Crippen LogP contribution >= 0.6 is 0 Å². The minimum absolute atomic E-state index is 0.852. The Bertz CT molecular complexity index is 3180. The summed E-state index contributed by atoms with van der Waals surface area (Å²) in [6, 6.07) is 78.0. The number of para-hydroxylation sites is 5. The molecule has 0 atom stereocenters. The van der Waals surface area contributed by atoms with Crippen LogP contribution in [0, 0.1) is 0 Å². The highest BCUT2D eigenvalue weighted by Crippen LogP contribution is 2.49. The second-order valence-electron chi connectivity index (χ2n) is 14.5. The summed E-state index contributed by atoms with van der Waals surface area (Å²) in [5.41, 5.74) is 15.1. The van der Waals surface area contributed by atoms with E-state index in [1.165, 1.54) is 32.9 Å². The molecule has 0 unspecified atom stereocenters. The van der Waals surface area contributed by atoms with Crippen molar-refractivity contribution >= 4 is 60.8 Å². The predicted octanol–water partition coefficient (Wildman–Crippen LogP) is 15.2. The van der Waals surface area contributed by atoms with E-state index in [1.54, 1.807) is 0 Å². The molecule has 0 amide bonds. The van der Waals surface area contributed by atoms with Gasteiger partial charge in [-0.1, -0.05) is 158 Å². The third kappa shape index (κ3) is 5.43. The van der Waals surface area contributed by atoms with Crippen molar-refractivity contribution in [2.75, 3.05) is 4.90 Å². The van der Waals surface area contributed by atoms with Crippen LogP contribution < -0.4 is 4.90 Å². The van der Waals surface area contributed by atoms with Crippen LogP contribution in [0.2, 0.25) is 0 Å². The molecule has 268 valence electrons. The van der Waals surface area contributed by atoms with E-state index in [4.69, 9.17) is 4.42 Å².